The molecule has 0 amide bonds. The standard InChI is InChI=1S/C15H15N5OS/c1-10-17-18-15(20(10)12-5-3-2-4-6-12)22-9-13-16-14(21-19-13)11-7-8-11/h2-6,11H,7-9H2,1H3. The van der Waals surface area contributed by atoms with Gasteiger partial charge in [-0.2, -0.15) is 4.98 Å². The van der Waals surface area contributed by atoms with Crippen LogP contribution in [-0.4, -0.2) is 24.9 Å². The van der Waals surface area contributed by atoms with Crippen molar-refractivity contribution >= 4 is 11.8 Å². The first-order chi connectivity index (χ1) is 10.8. The van der Waals surface area contributed by atoms with Crippen molar-refractivity contribution in [2.45, 2.75) is 36.6 Å². The van der Waals surface area contributed by atoms with Crippen molar-refractivity contribution in [2.75, 3.05) is 0 Å². The Morgan fingerprint density at radius 3 is 2.82 bits per heavy atom. The summed E-state index contributed by atoms with van der Waals surface area (Å²) in [6, 6.07) is 10.1. The van der Waals surface area contributed by atoms with E-state index in [2.05, 4.69) is 20.3 Å². The molecule has 1 fully saturated rings. The molecule has 112 valence electrons. The largest absolute Gasteiger partial charge is 0.339 e. The maximum Gasteiger partial charge on any atom is 0.229 e. The number of para-hydroxylation sites is 1. The summed E-state index contributed by atoms with van der Waals surface area (Å²) in [6.45, 7) is 1.95. The van der Waals surface area contributed by atoms with Crippen molar-refractivity contribution in [3.05, 3.63) is 47.9 Å². The van der Waals surface area contributed by atoms with Crippen LogP contribution in [0.3, 0.4) is 0 Å². The Morgan fingerprint density at radius 2 is 2.05 bits per heavy atom. The Hall–Kier alpha value is -2.15. The van der Waals surface area contributed by atoms with Crippen LogP contribution >= 0.6 is 11.8 Å². The summed E-state index contributed by atoms with van der Waals surface area (Å²) in [5.74, 6) is 3.46. The van der Waals surface area contributed by atoms with Gasteiger partial charge in [-0.25, -0.2) is 0 Å². The summed E-state index contributed by atoms with van der Waals surface area (Å²) in [5.41, 5.74) is 1.05. The molecule has 2 aromatic heterocycles. The minimum Gasteiger partial charge on any atom is -0.339 e. The molecular weight excluding hydrogens is 298 g/mol. The maximum absolute atomic E-state index is 5.28. The van der Waals surface area contributed by atoms with Crippen LogP contribution < -0.4 is 0 Å². The van der Waals surface area contributed by atoms with Gasteiger partial charge in [-0.3, -0.25) is 4.57 Å². The molecule has 22 heavy (non-hydrogen) atoms. The van der Waals surface area contributed by atoms with Crippen LogP contribution in [0.2, 0.25) is 0 Å². The molecule has 4 rings (SSSR count). The van der Waals surface area contributed by atoms with Crippen LogP contribution in [0.4, 0.5) is 0 Å². The highest BCUT2D eigenvalue weighted by molar-refractivity contribution is 7.98. The van der Waals surface area contributed by atoms with Gasteiger partial charge in [0.2, 0.25) is 5.89 Å². The van der Waals surface area contributed by atoms with Gasteiger partial charge < -0.3 is 4.52 Å². The zero-order valence-corrected chi connectivity index (χ0v) is 13.0. The van der Waals surface area contributed by atoms with Crippen LogP contribution in [0.25, 0.3) is 5.69 Å². The average molecular weight is 313 g/mol. The molecule has 3 aromatic rings. The van der Waals surface area contributed by atoms with Crippen molar-refractivity contribution in [1.82, 2.24) is 24.9 Å². The molecule has 0 saturated heterocycles. The molecular formula is C15H15N5OS. The van der Waals surface area contributed by atoms with Gasteiger partial charge in [0.05, 0.1) is 5.75 Å². The van der Waals surface area contributed by atoms with Crippen LogP contribution in [-0.2, 0) is 5.75 Å². The molecule has 0 radical (unpaired) electrons. The first-order valence-corrected chi connectivity index (χ1v) is 8.22. The summed E-state index contributed by atoms with van der Waals surface area (Å²) in [5, 5.41) is 13.3. The number of aromatic nitrogens is 5. The van der Waals surface area contributed by atoms with E-state index in [9.17, 15) is 0 Å². The van der Waals surface area contributed by atoms with E-state index in [1.807, 2.05) is 41.8 Å². The van der Waals surface area contributed by atoms with Gasteiger partial charge in [-0.15, -0.1) is 10.2 Å². The van der Waals surface area contributed by atoms with Gasteiger partial charge in [0.15, 0.2) is 11.0 Å². The van der Waals surface area contributed by atoms with E-state index in [0.717, 1.165) is 35.4 Å². The van der Waals surface area contributed by atoms with Gasteiger partial charge in [0.25, 0.3) is 0 Å². The molecule has 2 heterocycles. The number of nitrogens with zero attached hydrogens (tertiary/aromatic N) is 5. The predicted molar refractivity (Wildman–Crippen MR) is 81.9 cm³/mol. The Balaban J connectivity index is 1.53. The fraction of sp³-hybridized carbons (Fsp3) is 0.333. The summed E-state index contributed by atoms with van der Waals surface area (Å²) >= 11 is 1.57. The second-order valence-electron chi connectivity index (χ2n) is 5.31. The summed E-state index contributed by atoms with van der Waals surface area (Å²) < 4.78 is 7.31. The average Bonchev–Trinajstić information content (AvgIpc) is 3.17. The molecule has 1 aliphatic rings. The Bertz CT molecular complexity index is 778. The van der Waals surface area contributed by atoms with Gasteiger partial charge >= 0.3 is 0 Å². The van der Waals surface area contributed by atoms with Crippen LogP contribution in [0.1, 0.15) is 36.3 Å². The number of aryl methyl sites for hydroxylation is 1. The number of rotatable bonds is 5. The number of hydrogen-bond acceptors (Lipinski definition) is 6. The molecule has 1 aliphatic carbocycles. The third-order valence-corrected chi connectivity index (χ3v) is 4.48. The van der Waals surface area contributed by atoms with Crippen molar-refractivity contribution in [1.29, 1.82) is 0 Å². The topological polar surface area (TPSA) is 69.6 Å². The van der Waals surface area contributed by atoms with Crippen LogP contribution in [0.15, 0.2) is 40.0 Å². The van der Waals surface area contributed by atoms with E-state index in [4.69, 9.17) is 4.52 Å². The lowest BCUT2D eigenvalue weighted by molar-refractivity contribution is 0.375. The smallest absolute Gasteiger partial charge is 0.229 e. The first kappa shape index (κ1) is 13.5. The normalized spacial score (nSPS) is 14.4. The Labute approximate surface area is 131 Å². The van der Waals surface area contributed by atoms with E-state index in [-0.39, 0.29) is 0 Å². The van der Waals surface area contributed by atoms with Gasteiger partial charge in [-0.05, 0) is 31.9 Å². The molecule has 1 aromatic carbocycles. The molecule has 0 N–H and O–H groups in total. The highest BCUT2D eigenvalue weighted by Crippen LogP contribution is 2.39. The first-order valence-electron chi connectivity index (χ1n) is 7.24. The zero-order valence-electron chi connectivity index (χ0n) is 12.1. The predicted octanol–water partition coefficient (Wildman–Crippen LogP) is 3.13. The SMILES string of the molecule is Cc1nnc(SCc2noc(C3CC3)n2)n1-c1ccccc1. The number of hydrogen-bond donors (Lipinski definition) is 0. The molecule has 0 bridgehead atoms. The summed E-state index contributed by atoms with van der Waals surface area (Å²) in [4.78, 5) is 4.44. The van der Waals surface area contributed by atoms with Crippen molar-refractivity contribution in [2.24, 2.45) is 0 Å². The van der Waals surface area contributed by atoms with E-state index in [1.165, 1.54) is 0 Å². The van der Waals surface area contributed by atoms with Gasteiger partial charge in [0.1, 0.15) is 5.82 Å². The van der Waals surface area contributed by atoms with Crippen molar-refractivity contribution < 1.29 is 4.52 Å². The number of benzene rings is 1. The minimum atomic E-state index is 0.487. The summed E-state index contributed by atoms with van der Waals surface area (Å²) in [7, 11) is 0. The molecule has 0 atom stereocenters. The molecule has 0 aliphatic heterocycles. The lowest BCUT2D eigenvalue weighted by Crippen LogP contribution is -1.99. The van der Waals surface area contributed by atoms with E-state index < -0.39 is 0 Å². The molecule has 1 saturated carbocycles. The van der Waals surface area contributed by atoms with Crippen LogP contribution in [0, 0.1) is 6.92 Å². The monoisotopic (exact) mass is 313 g/mol. The number of thioether (sulfide) groups is 1. The highest BCUT2D eigenvalue weighted by atomic mass is 32.2. The van der Waals surface area contributed by atoms with Crippen molar-refractivity contribution in [3.8, 4) is 5.69 Å². The Morgan fingerprint density at radius 1 is 1.23 bits per heavy atom. The van der Waals surface area contributed by atoms with Crippen LogP contribution in [0.5, 0.6) is 0 Å². The maximum atomic E-state index is 5.28. The highest BCUT2D eigenvalue weighted by Gasteiger charge is 2.29. The molecule has 0 unspecified atom stereocenters. The van der Waals surface area contributed by atoms with Gasteiger partial charge in [0, 0.05) is 11.6 Å². The molecule has 7 heteroatoms. The second kappa shape index (κ2) is 5.57. The van der Waals surface area contributed by atoms with E-state index >= 15 is 0 Å². The molecule has 0 spiro atoms. The third kappa shape index (κ3) is 2.64. The van der Waals surface area contributed by atoms with E-state index in [1.54, 1.807) is 11.8 Å². The lowest BCUT2D eigenvalue weighted by atomic mass is 10.3. The zero-order chi connectivity index (χ0) is 14.9. The minimum absolute atomic E-state index is 0.487. The van der Waals surface area contributed by atoms with E-state index in [0.29, 0.717) is 17.5 Å². The second-order valence-corrected chi connectivity index (χ2v) is 6.26. The fourth-order valence-electron chi connectivity index (χ4n) is 2.26. The van der Waals surface area contributed by atoms with Gasteiger partial charge in [-0.1, -0.05) is 35.1 Å². The van der Waals surface area contributed by atoms with Crippen molar-refractivity contribution in [3.63, 3.8) is 0 Å². The Kier molecular flexibility index (Phi) is 3.42. The third-order valence-electron chi connectivity index (χ3n) is 3.55. The summed E-state index contributed by atoms with van der Waals surface area (Å²) in [6.07, 6.45) is 2.33. The molecule has 6 nitrogen and oxygen atoms in total. The fourth-order valence-corrected chi connectivity index (χ4v) is 3.10. The lowest BCUT2D eigenvalue weighted by Gasteiger charge is -2.07. The quantitative estimate of drug-likeness (QED) is 0.674.